The summed E-state index contributed by atoms with van der Waals surface area (Å²) in [4.78, 5) is 16.0. The zero-order valence-electron chi connectivity index (χ0n) is 19.3. The van der Waals surface area contributed by atoms with Gasteiger partial charge < -0.3 is 19.3 Å². The highest BCUT2D eigenvalue weighted by Gasteiger charge is 2.38. The van der Waals surface area contributed by atoms with Crippen LogP contribution in [0.4, 0.5) is 10.5 Å². The topological polar surface area (TPSA) is 119 Å². The van der Waals surface area contributed by atoms with Crippen molar-refractivity contribution >= 4 is 23.5 Å². The molecule has 0 saturated carbocycles. The average Bonchev–Trinajstić information content (AvgIpc) is 3.41. The molecule has 10 heteroatoms. The van der Waals surface area contributed by atoms with Crippen LogP contribution in [-0.4, -0.2) is 44.8 Å². The first-order valence-corrected chi connectivity index (χ1v) is 12.2. The van der Waals surface area contributed by atoms with Gasteiger partial charge in [0.2, 0.25) is 0 Å². The minimum atomic E-state index is -0.601. The molecule has 2 aromatic carbocycles. The van der Waals surface area contributed by atoms with Crippen molar-refractivity contribution in [3.8, 4) is 0 Å². The van der Waals surface area contributed by atoms with Gasteiger partial charge in [0.15, 0.2) is 11.4 Å². The van der Waals surface area contributed by atoms with Crippen molar-refractivity contribution in [1.82, 2.24) is 15.2 Å². The number of H-pyrrole nitrogens is 1. The van der Waals surface area contributed by atoms with Crippen molar-refractivity contribution in [2.75, 3.05) is 17.7 Å². The number of nitrogens with one attached hydrogen (secondary N) is 2. The van der Waals surface area contributed by atoms with Gasteiger partial charge in [0.05, 0.1) is 18.8 Å². The molecule has 4 unspecified atom stereocenters. The molecule has 1 aliphatic heterocycles. The molecule has 9 nitrogen and oxygen atoms in total. The number of aliphatic hydroxyl groups is 1. The van der Waals surface area contributed by atoms with Gasteiger partial charge in [-0.05, 0) is 23.3 Å². The second-order valence-electron chi connectivity index (χ2n) is 8.06. The molecule has 2 heterocycles. The first-order valence-electron chi connectivity index (χ1n) is 11.2. The molecule has 1 saturated heterocycles. The molecule has 1 aliphatic rings. The molecule has 1 aromatic heterocycles. The van der Waals surface area contributed by atoms with Crippen LogP contribution in [0.2, 0.25) is 0 Å². The maximum atomic E-state index is 11.8. The maximum Gasteiger partial charge on any atom is 0.411 e. The zero-order valence-corrected chi connectivity index (χ0v) is 20.1. The third kappa shape index (κ3) is 6.49. The predicted molar refractivity (Wildman–Crippen MR) is 132 cm³/mol. The number of ether oxygens (including phenoxy) is 3. The predicted octanol–water partition coefficient (Wildman–Crippen LogP) is 4.62. The molecule has 4 atom stereocenters. The molecule has 1 fully saturated rings. The Bertz CT molecular complexity index is 1090. The van der Waals surface area contributed by atoms with E-state index in [9.17, 15) is 9.90 Å². The zero-order chi connectivity index (χ0) is 24.6. The number of aromatic nitrogens is 3. The second-order valence-corrected chi connectivity index (χ2v) is 9.07. The summed E-state index contributed by atoms with van der Waals surface area (Å²) >= 11 is 1.54. The van der Waals surface area contributed by atoms with E-state index in [0.717, 1.165) is 21.8 Å². The number of nitrogens with zero attached hydrogens (tertiary/aromatic N) is 2. The number of carbonyl (C=O) groups excluding carboxylic acids is 1. The van der Waals surface area contributed by atoms with Gasteiger partial charge in [-0.15, -0.1) is 0 Å². The van der Waals surface area contributed by atoms with Crippen molar-refractivity contribution < 1.29 is 24.1 Å². The number of aliphatic hydroxyl groups excluding tert-OH is 1. The lowest BCUT2D eigenvalue weighted by molar-refractivity contribution is -0.268. The number of amides is 1. The highest BCUT2D eigenvalue weighted by molar-refractivity contribution is 7.99. The lowest BCUT2D eigenvalue weighted by Crippen LogP contribution is -2.38. The third-order valence-electron chi connectivity index (χ3n) is 5.66. The molecule has 1 amide bonds. The molecule has 184 valence electrons. The summed E-state index contributed by atoms with van der Waals surface area (Å²) in [6.45, 7) is 5.76. The fourth-order valence-corrected chi connectivity index (χ4v) is 4.69. The van der Waals surface area contributed by atoms with E-state index in [0.29, 0.717) is 11.4 Å². The molecular formula is C25H28N4O5S. The van der Waals surface area contributed by atoms with E-state index < -0.39 is 12.4 Å². The van der Waals surface area contributed by atoms with Crippen molar-refractivity contribution in [3.05, 3.63) is 84.2 Å². The maximum absolute atomic E-state index is 11.8. The molecule has 3 N–H and O–H groups in total. The molecule has 3 aromatic rings. The smallest absolute Gasteiger partial charge is 0.411 e. The van der Waals surface area contributed by atoms with Crippen LogP contribution in [0.3, 0.4) is 0 Å². The Hall–Kier alpha value is -3.18. The van der Waals surface area contributed by atoms with Gasteiger partial charge in [-0.1, -0.05) is 67.7 Å². The number of rotatable bonds is 9. The Morgan fingerprint density at radius 1 is 1.20 bits per heavy atom. The number of anilines is 1. The Balaban J connectivity index is 1.51. The molecule has 0 radical (unpaired) electrons. The molecule has 0 bridgehead atoms. The van der Waals surface area contributed by atoms with Gasteiger partial charge in [-0.2, -0.15) is 5.10 Å². The summed E-state index contributed by atoms with van der Waals surface area (Å²) in [5, 5.41) is 19.6. The van der Waals surface area contributed by atoms with Gasteiger partial charge in [-0.25, -0.2) is 9.78 Å². The monoisotopic (exact) mass is 496 g/mol. The largest absolute Gasteiger partial charge is 0.445 e. The van der Waals surface area contributed by atoms with Crippen LogP contribution >= 0.6 is 11.8 Å². The molecule has 35 heavy (non-hydrogen) atoms. The van der Waals surface area contributed by atoms with Crippen molar-refractivity contribution in [2.24, 2.45) is 5.92 Å². The fraction of sp³-hybridized carbons (Fsp3) is 0.320. The van der Waals surface area contributed by atoms with E-state index in [1.54, 1.807) is 23.9 Å². The number of benzene rings is 2. The number of carbonyl (C=O) groups is 1. The van der Waals surface area contributed by atoms with Crippen LogP contribution in [0.5, 0.6) is 0 Å². The highest BCUT2D eigenvalue weighted by atomic mass is 32.2. The summed E-state index contributed by atoms with van der Waals surface area (Å²) in [5.41, 5.74) is 3.28. The Kier molecular flexibility index (Phi) is 8.54. The van der Waals surface area contributed by atoms with Gasteiger partial charge in [0.25, 0.3) is 0 Å². The Morgan fingerprint density at radius 3 is 2.60 bits per heavy atom. The van der Waals surface area contributed by atoms with Gasteiger partial charge in [-0.3, -0.25) is 10.4 Å². The van der Waals surface area contributed by atoms with Crippen LogP contribution in [0, 0.1) is 5.92 Å². The summed E-state index contributed by atoms with van der Waals surface area (Å²) in [5.74, 6) is 0.721. The number of hydrogen-bond acceptors (Lipinski definition) is 8. The number of thioether (sulfide) groups is 1. The normalized spacial score (nSPS) is 21.9. The SMILES string of the molecule is C=CCOC(=O)Nc1ccc(C2OC(CSc3ncn[nH]3)C(C)C(c3ccc(CO)cc3)O2)cc1. The van der Waals surface area contributed by atoms with Crippen molar-refractivity contribution in [3.63, 3.8) is 0 Å². The van der Waals surface area contributed by atoms with Crippen molar-refractivity contribution in [1.29, 1.82) is 0 Å². The summed E-state index contributed by atoms with van der Waals surface area (Å²) < 4.78 is 17.8. The van der Waals surface area contributed by atoms with Gasteiger partial charge in [0.1, 0.15) is 12.9 Å². The summed E-state index contributed by atoms with van der Waals surface area (Å²) in [7, 11) is 0. The van der Waals surface area contributed by atoms with Crippen LogP contribution in [0.1, 0.15) is 36.0 Å². The first-order chi connectivity index (χ1) is 17.1. The van der Waals surface area contributed by atoms with E-state index in [-0.39, 0.29) is 31.3 Å². The minimum Gasteiger partial charge on any atom is -0.445 e. The quantitative estimate of drug-likeness (QED) is 0.290. The van der Waals surface area contributed by atoms with E-state index >= 15 is 0 Å². The molecule has 0 spiro atoms. The van der Waals surface area contributed by atoms with Crippen LogP contribution in [0.25, 0.3) is 0 Å². The number of hydrogen-bond donors (Lipinski definition) is 3. The molecule has 0 aliphatic carbocycles. The molecular weight excluding hydrogens is 468 g/mol. The lowest BCUT2D eigenvalue weighted by Gasteiger charge is -2.41. The van der Waals surface area contributed by atoms with E-state index in [4.69, 9.17) is 14.2 Å². The minimum absolute atomic E-state index is 0.00887. The first kappa shape index (κ1) is 24.9. The van der Waals surface area contributed by atoms with E-state index in [1.165, 1.54) is 12.4 Å². The van der Waals surface area contributed by atoms with Gasteiger partial charge >= 0.3 is 6.09 Å². The highest BCUT2D eigenvalue weighted by Crippen LogP contribution is 2.42. The average molecular weight is 497 g/mol. The Labute approximate surface area is 207 Å². The fourth-order valence-electron chi connectivity index (χ4n) is 3.75. The lowest BCUT2D eigenvalue weighted by atomic mass is 9.91. The Morgan fingerprint density at radius 2 is 1.94 bits per heavy atom. The van der Waals surface area contributed by atoms with Gasteiger partial charge in [0, 0.05) is 22.9 Å². The van der Waals surface area contributed by atoms with E-state index in [2.05, 4.69) is 34.0 Å². The number of aromatic amines is 1. The van der Waals surface area contributed by atoms with Crippen LogP contribution in [-0.2, 0) is 20.8 Å². The molecule has 4 rings (SSSR count). The standard InChI is InChI=1S/C25H28N4O5S/c1-3-12-32-25(31)28-20-10-8-19(9-11-20)23-33-21(14-35-24-26-15-27-29-24)16(2)22(34-23)18-6-4-17(13-30)5-7-18/h3-11,15-16,21-23,30H,1,12-14H2,2H3,(H,28,31)(H,26,27,29). The van der Waals surface area contributed by atoms with Crippen molar-refractivity contribution in [2.45, 2.75) is 37.2 Å². The summed E-state index contributed by atoms with van der Waals surface area (Å²) in [6, 6.07) is 15.0. The summed E-state index contributed by atoms with van der Waals surface area (Å²) in [6.07, 6.45) is 1.50. The second kappa shape index (κ2) is 12.0. The van der Waals surface area contributed by atoms with Crippen LogP contribution < -0.4 is 5.32 Å². The van der Waals surface area contributed by atoms with Crippen LogP contribution in [0.15, 0.2) is 72.7 Å². The third-order valence-corrected chi connectivity index (χ3v) is 6.63. The van der Waals surface area contributed by atoms with E-state index in [1.807, 2.05) is 36.4 Å².